The molecular formula is C16H28N2O. The predicted octanol–water partition coefficient (Wildman–Crippen LogP) is 2.69. The normalized spacial score (nSPS) is 14.4. The molecule has 0 aromatic heterocycles. The molecule has 0 saturated heterocycles. The van der Waals surface area contributed by atoms with E-state index in [4.69, 9.17) is 10.5 Å². The van der Waals surface area contributed by atoms with Gasteiger partial charge in [0.2, 0.25) is 0 Å². The fourth-order valence-corrected chi connectivity index (χ4v) is 2.36. The van der Waals surface area contributed by atoms with Crippen molar-refractivity contribution < 1.29 is 4.74 Å². The van der Waals surface area contributed by atoms with Gasteiger partial charge in [-0.25, -0.2) is 0 Å². The first-order valence-electron chi connectivity index (χ1n) is 7.17. The maximum atomic E-state index is 5.94. The van der Waals surface area contributed by atoms with Crippen LogP contribution in [-0.4, -0.2) is 37.2 Å². The number of nitrogens with two attached hydrogens (primary N) is 1. The summed E-state index contributed by atoms with van der Waals surface area (Å²) in [5.41, 5.74) is 7.40. The van der Waals surface area contributed by atoms with Crippen LogP contribution in [0.25, 0.3) is 0 Å². The predicted molar refractivity (Wildman–Crippen MR) is 81.7 cm³/mol. The highest BCUT2D eigenvalue weighted by atomic mass is 16.5. The summed E-state index contributed by atoms with van der Waals surface area (Å²) in [6.45, 7) is 9.47. The van der Waals surface area contributed by atoms with Crippen molar-refractivity contribution in [3.05, 3.63) is 29.8 Å². The highest BCUT2D eigenvalue weighted by molar-refractivity contribution is 5.27. The zero-order valence-corrected chi connectivity index (χ0v) is 12.8. The standard InChI is InChI=1S/C16H28N2O/c1-5-16(3,13-17)18(6-2)12-11-14-7-9-15(19-4)10-8-14/h7-10H,5-6,11-13,17H2,1-4H3. The van der Waals surface area contributed by atoms with Crippen LogP contribution in [0.3, 0.4) is 0 Å². The minimum Gasteiger partial charge on any atom is -0.497 e. The Morgan fingerprint density at radius 3 is 2.26 bits per heavy atom. The lowest BCUT2D eigenvalue weighted by Crippen LogP contribution is -2.51. The minimum atomic E-state index is 0.112. The van der Waals surface area contributed by atoms with Crippen molar-refractivity contribution in [1.82, 2.24) is 4.90 Å². The third-order valence-corrected chi connectivity index (χ3v) is 4.18. The molecule has 0 aliphatic rings. The summed E-state index contributed by atoms with van der Waals surface area (Å²) in [7, 11) is 1.70. The van der Waals surface area contributed by atoms with Crippen LogP contribution >= 0.6 is 0 Å². The Labute approximate surface area is 117 Å². The molecular weight excluding hydrogens is 236 g/mol. The van der Waals surface area contributed by atoms with Crippen LogP contribution in [0.1, 0.15) is 32.8 Å². The number of rotatable bonds is 8. The van der Waals surface area contributed by atoms with Gasteiger partial charge in [0.15, 0.2) is 0 Å². The number of nitrogens with zero attached hydrogens (tertiary/aromatic N) is 1. The summed E-state index contributed by atoms with van der Waals surface area (Å²) in [6.07, 6.45) is 2.13. The molecule has 0 amide bonds. The number of hydrogen-bond donors (Lipinski definition) is 1. The highest BCUT2D eigenvalue weighted by Gasteiger charge is 2.26. The first-order valence-corrected chi connectivity index (χ1v) is 7.17. The van der Waals surface area contributed by atoms with Crippen LogP contribution < -0.4 is 10.5 Å². The molecule has 1 rings (SSSR count). The van der Waals surface area contributed by atoms with Gasteiger partial charge in [0.25, 0.3) is 0 Å². The topological polar surface area (TPSA) is 38.5 Å². The molecule has 108 valence electrons. The number of ether oxygens (including phenoxy) is 1. The number of methoxy groups -OCH3 is 1. The largest absolute Gasteiger partial charge is 0.497 e. The summed E-state index contributed by atoms with van der Waals surface area (Å²) in [6, 6.07) is 8.32. The lowest BCUT2D eigenvalue weighted by molar-refractivity contribution is 0.114. The summed E-state index contributed by atoms with van der Waals surface area (Å²) in [4.78, 5) is 2.48. The van der Waals surface area contributed by atoms with Crippen LogP contribution in [0.2, 0.25) is 0 Å². The van der Waals surface area contributed by atoms with Crippen molar-refractivity contribution in [2.75, 3.05) is 26.7 Å². The molecule has 1 unspecified atom stereocenters. The maximum absolute atomic E-state index is 5.94. The number of benzene rings is 1. The van der Waals surface area contributed by atoms with Gasteiger partial charge in [-0.15, -0.1) is 0 Å². The highest BCUT2D eigenvalue weighted by Crippen LogP contribution is 2.19. The van der Waals surface area contributed by atoms with E-state index < -0.39 is 0 Å². The summed E-state index contributed by atoms with van der Waals surface area (Å²) in [5.74, 6) is 0.913. The second-order valence-corrected chi connectivity index (χ2v) is 5.23. The van der Waals surface area contributed by atoms with E-state index in [1.807, 2.05) is 12.1 Å². The molecule has 0 radical (unpaired) electrons. The molecule has 0 aliphatic carbocycles. The summed E-state index contributed by atoms with van der Waals surface area (Å²) < 4.78 is 5.18. The first-order chi connectivity index (χ1) is 9.09. The van der Waals surface area contributed by atoms with Gasteiger partial charge in [-0.3, -0.25) is 4.90 Å². The van der Waals surface area contributed by atoms with E-state index in [0.29, 0.717) is 6.54 Å². The molecule has 0 spiro atoms. The lowest BCUT2D eigenvalue weighted by atomic mass is 9.95. The van der Waals surface area contributed by atoms with Gasteiger partial charge in [-0.2, -0.15) is 0 Å². The van der Waals surface area contributed by atoms with Crippen molar-refractivity contribution >= 4 is 0 Å². The quantitative estimate of drug-likeness (QED) is 0.784. The average Bonchev–Trinajstić information content (AvgIpc) is 2.48. The third kappa shape index (κ3) is 4.22. The lowest BCUT2D eigenvalue weighted by Gasteiger charge is -2.39. The van der Waals surface area contributed by atoms with Gasteiger partial charge in [-0.05, 0) is 44.0 Å². The Morgan fingerprint density at radius 2 is 1.84 bits per heavy atom. The number of likely N-dealkylation sites (N-methyl/N-ethyl adjacent to an activating group) is 1. The van der Waals surface area contributed by atoms with Crippen molar-refractivity contribution in [2.24, 2.45) is 5.73 Å². The Bertz CT molecular complexity index is 358. The van der Waals surface area contributed by atoms with Crippen LogP contribution in [0.4, 0.5) is 0 Å². The van der Waals surface area contributed by atoms with Crippen molar-refractivity contribution in [3.8, 4) is 5.75 Å². The Morgan fingerprint density at radius 1 is 1.21 bits per heavy atom. The van der Waals surface area contributed by atoms with Gasteiger partial charge in [-0.1, -0.05) is 26.0 Å². The molecule has 1 aromatic rings. The molecule has 19 heavy (non-hydrogen) atoms. The van der Waals surface area contributed by atoms with E-state index in [1.165, 1.54) is 5.56 Å². The second-order valence-electron chi connectivity index (χ2n) is 5.23. The maximum Gasteiger partial charge on any atom is 0.118 e. The summed E-state index contributed by atoms with van der Waals surface area (Å²) in [5, 5.41) is 0. The van der Waals surface area contributed by atoms with E-state index in [9.17, 15) is 0 Å². The van der Waals surface area contributed by atoms with Crippen molar-refractivity contribution in [3.63, 3.8) is 0 Å². The van der Waals surface area contributed by atoms with E-state index in [1.54, 1.807) is 7.11 Å². The second kappa shape index (κ2) is 7.51. The smallest absolute Gasteiger partial charge is 0.118 e. The van der Waals surface area contributed by atoms with E-state index in [-0.39, 0.29) is 5.54 Å². The SMILES string of the molecule is CCN(CCc1ccc(OC)cc1)C(C)(CC)CN. The molecule has 2 N–H and O–H groups in total. The van der Waals surface area contributed by atoms with Gasteiger partial charge in [0, 0.05) is 18.6 Å². The van der Waals surface area contributed by atoms with Crippen LogP contribution in [0.15, 0.2) is 24.3 Å². The molecule has 1 atom stereocenters. The minimum absolute atomic E-state index is 0.112. The fraction of sp³-hybridized carbons (Fsp3) is 0.625. The van der Waals surface area contributed by atoms with Gasteiger partial charge >= 0.3 is 0 Å². The van der Waals surface area contributed by atoms with Crippen LogP contribution in [-0.2, 0) is 6.42 Å². The van der Waals surface area contributed by atoms with E-state index >= 15 is 0 Å². The molecule has 1 aromatic carbocycles. The molecule has 0 aliphatic heterocycles. The Kier molecular flexibility index (Phi) is 6.32. The number of hydrogen-bond acceptors (Lipinski definition) is 3. The Balaban J connectivity index is 2.62. The van der Waals surface area contributed by atoms with Crippen molar-refractivity contribution in [1.29, 1.82) is 0 Å². The molecule has 0 heterocycles. The fourth-order valence-electron chi connectivity index (χ4n) is 2.36. The van der Waals surface area contributed by atoms with Gasteiger partial charge in [0.05, 0.1) is 7.11 Å². The zero-order chi connectivity index (χ0) is 14.3. The third-order valence-electron chi connectivity index (χ3n) is 4.18. The van der Waals surface area contributed by atoms with E-state index in [0.717, 1.165) is 31.7 Å². The molecule has 3 heteroatoms. The summed E-state index contributed by atoms with van der Waals surface area (Å²) >= 11 is 0. The average molecular weight is 264 g/mol. The molecule has 0 fully saturated rings. The van der Waals surface area contributed by atoms with Crippen LogP contribution in [0, 0.1) is 0 Å². The van der Waals surface area contributed by atoms with Crippen LogP contribution in [0.5, 0.6) is 5.75 Å². The monoisotopic (exact) mass is 264 g/mol. The molecule has 0 bridgehead atoms. The molecule has 0 saturated carbocycles. The first kappa shape index (κ1) is 16.0. The van der Waals surface area contributed by atoms with E-state index in [2.05, 4.69) is 37.8 Å². The Hall–Kier alpha value is -1.06. The van der Waals surface area contributed by atoms with Gasteiger partial charge in [0.1, 0.15) is 5.75 Å². The zero-order valence-electron chi connectivity index (χ0n) is 12.8. The van der Waals surface area contributed by atoms with Crippen molar-refractivity contribution in [2.45, 2.75) is 39.2 Å². The van der Waals surface area contributed by atoms with Gasteiger partial charge < -0.3 is 10.5 Å². The molecule has 3 nitrogen and oxygen atoms in total.